The second-order valence-corrected chi connectivity index (χ2v) is 12.3. The number of amides is 2. The highest BCUT2D eigenvalue weighted by Crippen LogP contribution is 2.12. The fourth-order valence-electron chi connectivity index (χ4n) is 5.12. The summed E-state index contributed by atoms with van der Waals surface area (Å²) < 4.78 is 10.6. The number of carboxylic acid groups (broad SMARTS) is 2. The van der Waals surface area contributed by atoms with Gasteiger partial charge in [0.2, 0.25) is 0 Å². The molecule has 11 heteroatoms. The van der Waals surface area contributed by atoms with Gasteiger partial charge in [0.25, 0.3) is 0 Å². The summed E-state index contributed by atoms with van der Waals surface area (Å²) >= 11 is 0. The molecule has 46 heavy (non-hydrogen) atoms. The number of urea groups is 1. The maximum atomic E-state index is 12.7. The van der Waals surface area contributed by atoms with Crippen LogP contribution in [0.15, 0.2) is 0 Å². The molecule has 0 fully saturated rings. The van der Waals surface area contributed by atoms with E-state index in [1.807, 2.05) is 0 Å². The Kier molecular flexibility index (Phi) is 28.9. The molecule has 0 aliphatic carbocycles. The third kappa shape index (κ3) is 27.5. The van der Waals surface area contributed by atoms with Crippen molar-refractivity contribution in [2.75, 3.05) is 13.2 Å². The number of carbonyl (C=O) groups excluding carboxylic acids is 3. The predicted molar refractivity (Wildman–Crippen MR) is 179 cm³/mol. The van der Waals surface area contributed by atoms with Gasteiger partial charge in [0.1, 0.15) is 12.1 Å². The molecular weight excluding hydrogens is 592 g/mol. The molecule has 0 unspecified atom stereocenters. The minimum absolute atomic E-state index is 0.161. The van der Waals surface area contributed by atoms with Crippen LogP contribution in [0.5, 0.6) is 0 Å². The van der Waals surface area contributed by atoms with Crippen LogP contribution in [0.3, 0.4) is 0 Å². The highest BCUT2D eigenvalue weighted by atomic mass is 16.5. The van der Waals surface area contributed by atoms with E-state index in [0.29, 0.717) is 12.8 Å². The first-order valence-corrected chi connectivity index (χ1v) is 18.0. The molecule has 2 atom stereocenters. The lowest BCUT2D eigenvalue weighted by molar-refractivity contribution is -0.147. The Hall–Kier alpha value is -2.85. The topological polar surface area (TPSA) is 168 Å². The smallest absolute Gasteiger partial charge is 0.328 e. The molecule has 0 rings (SSSR count). The summed E-state index contributed by atoms with van der Waals surface area (Å²) in [6.45, 7) is 4.72. The normalized spacial score (nSPS) is 12.2. The molecule has 0 aromatic carbocycles. The third-order valence-electron chi connectivity index (χ3n) is 7.96. The molecule has 4 N–H and O–H groups in total. The Morgan fingerprint density at radius 3 is 1.04 bits per heavy atom. The van der Waals surface area contributed by atoms with E-state index in [4.69, 9.17) is 19.7 Å². The molecule has 0 spiro atoms. The molecule has 0 radical (unpaired) electrons. The van der Waals surface area contributed by atoms with Crippen LogP contribution in [0, 0.1) is 0 Å². The van der Waals surface area contributed by atoms with Gasteiger partial charge >= 0.3 is 29.9 Å². The summed E-state index contributed by atoms with van der Waals surface area (Å²) in [5, 5.41) is 23.0. The van der Waals surface area contributed by atoms with E-state index in [9.17, 15) is 24.0 Å². The van der Waals surface area contributed by atoms with Crippen LogP contribution in [-0.2, 0) is 28.7 Å². The number of unbranched alkanes of at least 4 members (excludes halogenated alkanes) is 18. The van der Waals surface area contributed by atoms with Crippen LogP contribution in [0.4, 0.5) is 4.79 Å². The quantitative estimate of drug-likeness (QED) is 0.0419. The minimum atomic E-state index is -1.23. The molecule has 0 bridgehead atoms. The second-order valence-electron chi connectivity index (χ2n) is 12.3. The van der Waals surface area contributed by atoms with E-state index in [0.717, 1.165) is 38.5 Å². The van der Waals surface area contributed by atoms with Crippen molar-refractivity contribution >= 4 is 29.9 Å². The molecular formula is C35H64N2O9. The number of carboxylic acids is 2. The molecule has 2 amide bonds. The standard InChI is InChI=1S/C35H64N2O9/c1-3-5-7-9-11-13-15-17-19-21-27-45-33(42)29(23-25-31(38)39)36-35(44)37-30(24-26-32(40)41)34(43)46-28-22-20-18-16-14-12-10-8-6-4-2/h29-30H,3-28H2,1-2H3,(H,38,39)(H,40,41)(H2,36,37,44)/t29-,30-/m0/s1. The van der Waals surface area contributed by atoms with Crippen LogP contribution >= 0.6 is 0 Å². The van der Waals surface area contributed by atoms with Crippen molar-refractivity contribution in [2.24, 2.45) is 0 Å². The summed E-state index contributed by atoms with van der Waals surface area (Å²) in [7, 11) is 0. The van der Waals surface area contributed by atoms with E-state index >= 15 is 0 Å². The fourth-order valence-corrected chi connectivity index (χ4v) is 5.12. The largest absolute Gasteiger partial charge is 0.481 e. The molecule has 0 heterocycles. The van der Waals surface area contributed by atoms with Crippen molar-refractivity contribution in [1.82, 2.24) is 10.6 Å². The fraction of sp³-hybridized carbons (Fsp3) is 0.857. The third-order valence-corrected chi connectivity index (χ3v) is 7.96. The van der Waals surface area contributed by atoms with Crippen LogP contribution in [0.2, 0.25) is 0 Å². The monoisotopic (exact) mass is 656 g/mol. The Balaban J connectivity index is 4.62. The molecule has 268 valence electrons. The number of carbonyl (C=O) groups is 5. The number of hydrogen-bond acceptors (Lipinski definition) is 7. The summed E-state index contributed by atoms with van der Waals surface area (Å²) in [5.41, 5.74) is 0. The first kappa shape index (κ1) is 43.1. The number of nitrogens with one attached hydrogen (secondary N) is 2. The summed E-state index contributed by atoms with van der Waals surface area (Å²) in [5.74, 6) is -3.77. The minimum Gasteiger partial charge on any atom is -0.481 e. The molecule has 0 saturated heterocycles. The van der Waals surface area contributed by atoms with Gasteiger partial charge in [0, 0.05) is 12.8 Å². The van der Waals surface area contributed by atoms with Crippen LogP contribution in [-0.4, -0.2) is 65.4 Å². The van der Waals surface area contributed by atoms with Gasteiger partial charge in [-0.15, -0.1) is 0 Å². The van der Waals surface area contributed by atoms with Gasteiger partial charge in [-0.1, -0.05) is 129 Å². The zero-order chi connectivity index (χ0) is 34.3. The van der Waals surface area contributed by atoms with E-state index in [1.165, 1.54) is 77.0 Å². The van der Waals surface area contributed by atoms with Crippen LogP contribution in [0.25, 0.3) is 0 Å². The Morgan fingerprint density at radius 2 is 0.761 bits per heavy atom. The Bertz CT molecular complexity index is 758. The van der Waals surface area contributed by atoms with Gasteiger partial charge in [0.05, 0.1) is 13.2 Å². The first-order chi connectivity index (χ1) is 22.2. The molecule has 0 aromatic rings. The lowest BCUT2D eigenvalue weighted by Crippen LogP contribution is -2.52. The van der Waals surface area contributed by atoms with Crippen molar-refractivity contribution in [3.8, 4) is 0 Å². The van der Waals surface area contributed by atoms with Crippen LogP contribution < -0.4 is 10.6 Å². The molecule has 0 aromatic heterocycles. The zero-order valence-corrected chi connectivity index (χ0v) is 28.8. The van der Waals surface area contributed by atoms with Crippen molar-refractivity contribution in [3.05, 3.63) is 0 Å². The highest BCUT2D eigenvalue weighted by Gasteiger charge is 2.27. The summed E-state index contributed by atoms with van der Waals surface area (Å²) in [6, 6.07) is -3.37. The average Bonchev–Trinajstić information content (AvgIpc) is 3.02. The number of esters is 2. The maximum absolute atomic E-state index is 12.7. The van der Waals surface area contributed by atoms with E-state index in [2.05, 4.69) is 24.5 Å². The van der Waals surface area contributed by atoms with Crippen molar-refractivity contribution in [3.63, 3.8) is 0 Å². The van der Waals surface area contributed by atoms with Crippen molar-refractivity contribution in [1.29, 1.82) is 0 Å². The van der Waals surface area contributed by atoms with E-state index in [1.54, 1.807) is 0 Å². The van der Waals surface area contributed by atoms with Gasteiger partial charge < -0.3 is 30.3 Å². The van der Waals surface area contributed by atoms with E-state index < -0.39 is 42.0 Å². The lowest BCUT2D eigenvalue weighted by Gasteiger charge is -2.21. The van der Waals surface area contributed by atoms with Crippen molar-refractivity contribution < 1.29 is 43.7 Å². The van der Waals surface area contributed by atoms with Gasteiger partial charge in [-0.05, 0) is 25.7 Å². The second kappa shape index (κ2) is 30.8. The molecule has 0 aliphatic rings. The number of hydrogen-bond donors (Lipinski definition) is 4. The summed E-state index contributed by atoms with van der Waals surface area (Å²) in [6.07, 6.45) is 21.4. The van der Waals surface area contributed by atoms with Gasteiger partial charge in [-0.2, -0.15) is 0 Å². The van der Waals surface area contributed by atoms with Gasteiger partial charge in [-0.3, -0.25) is 9.59 Å². The SMILES string of the molecule is CCCCCCCCCCCCOC(=O)[C@H](CCC(=O)O)NC(=O)N[C@@H](CCC(=O)O)C(=O)OCCCCCCCCCCCC. The number of aliphatic carboxylic acids is 2. The van der Waals surface area contributed by atoms with Gasteiger partial charge in [-0.25, -0.2) is 14.4 Å². The number of rotatable bonds is 32. The van der Waals surface area contributed by atoms with E-state index in [-0.39, 0.29) is 38.9 Å². The zero-order valence-electron chi connectivity index (χ0n) is 28.8. The molecule has 0 saturated carbocycles. The van der Waals surface area contributed by atoms with Crippen LogP contribution in [0.1, 0.15) is 168 Å². The summed E-state index contributed by atoms with van der Waals surface area (Å²) in [4.78, 5) is 60.4. The maximum Gasteiger partial charge on any atom is 0.328 e. The number of ether oxygens (including phenoxy) is 2. The predicted octanol–water partition coefficient (Wildman–Crippen LogP) is 7.68. The molecule has 11 nitrogen and oxygen atoms in total. The molecule has 0 aliphatic heterocycles. The van der Waals surface area contributed by atoms with Crippen molar-refractivity contribution in [2.45, 2.75) is 180 Å². The Labute approximate surface area is 277 Å². The van der Waals surface area contributed by atoms with Gasteiger partial charge in [0.15, 0.2) is 0 Å². The first-order valence-electron chi connectivity index (χ1n) is 18.0. The Morgan fingerprint density at radius 1 is 0.478 bits per heavy atom. The lowest BCUT2D eigenvalue weighted by atomic mass is 10.1. The highest BCUT2D eigenvalue weighted by molar-refractivity contribution is 5.87. The average molecular weight is 657 g/mol.